The normalized spacial score (nSPS) is 10.7. The summed E-state index contributed by atoms with van der Waals surface area (Å²) in [7, 11) is 0. The fraction of sp³-hybridized carbons (Fsp3) is 0.308. The summed E-state index contributed by atoms with van der Waals surface area (Å²) in [5, 5.41) is 3.01. The van der Waals surface area contributed by atoms with Crippen LogP contribution in [0.3, 0.4) is 0 Å². The van der Waals surface area contributed by atoms with Gasteiger partial charge in [0.15, 0.2) is 0 Å². The molecule has 17 heavy (non-hydrogen) atoms. The summed E-state index contributed by atoms with van der Waals surface area (Å²) in [5.41, 5.74) is 0.608. The lowest BCUT2D eigenvalue weighted by Gasteiger charge is -2.02. The van der Waals surface area contributed by atoms with Crippen LogP contribution in [0.5, 0.6) is 0 Å². The van der Waals surface area contributed by atoms with Crippen molar-refractivity contribution in [1.82, 2.24) is 5.32 Å². The average molecular weight is 237 g/mol. The first-order chi connectivity index (χ1) is 8.24. The van der Waals surface area contributed by atoms with Gasteiger partial charge in [0, 0.05) is 24.7 Å². The molecule has 1 rings (SSSR count). The number of carbonyl (C=O) groups excluding carboxylic acids is 1. The molecular weight excluding hydrogens is 221 g/mol. The fourth-order valence-corrected chi connectivity index (χ4v) is 1.28. The summed E-state index contributed by atoms with van der Waals surface area (Å²) in [5.74, 6) is -0.588. The molecule has 1 N–H and O–H groups in total. The SMILES string of the molecule is CCOC(=O)/C=C/CNCc1ccccc1F. The van der Waals surface area contributed by atoms with Crippen LogP contribution in [-0.4, -0.2) is 19.1 Å². The van der Waals surface area contributed by atoms with Gasteiger partial charge in [-0.15, -0.1) is 0 Å². The number of benzene rings is 1. The second-order valence-electron chi connectivity index (χ2n) is 3.38. The molecule has 0 heterocycles. The minimum absolute atomic E-state index is 0.227. The van der Waals surface area contributed by atoms with Crippen molar-refractivity contribution < 1.29 is 13.9 Å². The standard InChI is InChI=1S/C13H16FNO2/c1-2-17-13(16)8-5-9-15-10-11-6-3-4-7-12(11)14/h3-8,15H,2,9-10H2,1H3/b8-5+. The summed E-state index contributed by atoms with van der Waals surface area (Å²) < 4.78 is 17.9. The molecule has 0 aliphatic carbocycles. The van der Waals surface area contributed by atoms with Crippen molar-refractivity contribution in [3.8, 4) is 0 Å². The van der Waals surface area contributed by atoms with E-state index in [4.69, 9.17) is 4.74 Å². The van der Waals surface area contributed by atoms with Gasteiger partial charge in [0.05, 0.1) is 6.61 Å². The molecule has 0 saturated carbocycles. The number of ether oxygens (including phenoxy) is 1. The van der Waals surface area contributed by atoms with Gasteiger partial charge in [-0.1, -0.05) is 24.3 Å². The quantitative estimate of drug-likeness (QED) is 0.467. The van der Waals surface area contributed by atoms with Crippen LogP contribution >= 0.6 is 0 Å². The van der Waals surface area contributed by atoms with Gasteiger partial charge in [-0.3, -0.25) is 0 Å². The van der Waals surface area contributed by atoms with Crippen LogP contribution in [0.4, 0.5) is 4.39 Å². The number of carbonyl (C=O) groups is 1. The second-order valence-corrected chi connectivity index (χ2v) is 3.38. The maximum Gasteiger partial charge on any atom is 0.330 e. The van der Waals surface area contributed by atoms with Gasteiger partial charge in [0.2, 0.25) is 0 Å². The number of hydrogen-bond donors (Lipinski definition) is 1. The highest BCUT2D eigenvalue weighted by Gasteiger charge is 1.98. The van der Waals surface area contributed by atoms with Gasteiger partial charge in [0.25, 0.3) is 0 Å². The van der Waals surface area contributed by atoms with Crippen molar-refractivity contribution in [2.24, 2.45) is 0 Å². The summed E-state index contributed by atoms with van der Waals surface area (Å²) in [4.78, 5) is 10.9. The second kappa shape index (κ2) is 7.57. The zero-order chi connectivity index (χ0) is 12.5. The van der Waals surface area contributed by atoms with E-state index < -0.39 is 0 Å². The lowest BCUT2D eigenvalue weighted by atomic mass is 10.2. The molecule has 0 aliphatic heterocycles. The van der Waals surface area contributed by atoms with Crippen molar-refractivity contribution in [3.63, 3.8) is 0 Å². The van der Waals surface area contributed by atoms with Crippen LogP contribution in [0.15, 0.2) is 36.4 Å². The molecule has 1 aromatic carbocycles. The van der Waals surface area contributed by atoms with Gasteiger partial charge in [0.1, 0.15) is 5.82 Å². The molecule has 0 spiro atoms. The molecule has 4 heteroatoms. The van der Waals surface area contributed by atoms with Gasteiger partial charge in [-0.2, -0.15) is 0 Å². The molecule has 0 saturated heterocycles. The van der Waals surface area contributed by atoms with E-state index in [9.17, 15) is 9.18 Å². The third-order valence-electron chi connectivity index (χ3n) is 2.08. The molecular formula is C13H16FNO2. The molecule has 0 aliphatic rings. The maximum absolute atomic E-state index is 13.2. The summed E-state index contributed by atoms with van der Waals surface area (Å²) in [6.07, 6.45) is 3.01. The van der Waals surface area contributed by atoms with Crippen LogP contribution in [0.1, 0.15) is 12.5 Å². The van der Waals surface area contributed by atoms with Gasteiger partial charge >= 0.3 is 5.97 Å². The highest BCUT2D eigenvalue weighted by atomic mass is 19.1. The molecule has 0 amide bonds. The van der Waals surface area contributed by atoms with Crippen LogP contribution in [0.2, 0.25) is 0 Å². The van der Waals surface area contributed by atoms with E-state index in [1.54, 1.807) is 31.2 Å². The molecule has 0 unspecified atom stereocenters. The molecule has 0 fully saturated rings. The summed E-state index contributed by atoms with van der Waals surface area (Å²) in [6, 6.07) is 6.58. The fourth-order valence-electron chi connectivity index (χ4n) is 1.28. The largest absolute Gasteiger partial charge is 0.463 e. The first-order valence-corrected chi connectivity index (χ1v) is 5.51. The van der Waals surface area contributed by atoms with Crippen LogP contribution in [-0.2, 0) is 16.1 Å². The monoisotopic (exact) mass is 237 g/mol. The highest BCUT2D eigenvalue weighted by Crippen LogP contribution is 2.04. The Bertz CT molecular complexity index is 391. The molecule has 1 aromatic rings. The minimum Gasteiger partial charge on any atom is -0.463 e. The molecule has 92 valence electrons. The Kier molecular flexibility index (Phi) is 5.96. The topological polar surface area (TPSA) is 38.3 Å². The number of hydrogen-bond acceptors (Lipinski definition) is 3. The lowest BCUT2D eigenvalue weighted by molar-refractivity contribution is -0.137. The van der Waals surface area contributed by atoms with E-state index in [1.807, 2.05) is 0 Å². The first-order valence-electron chi connectivity index (χ1n) is 5.51. The minimum atomic E-state index is -0.361. The van der Waals surface area contributed by atoms with E-state index in [0.717, 1.165) is 0 Å². The third-order valence-corrected chi connectivity index (χ3v) is 2.08. The molecule has 0 aromatic heterocycles. The predicted octanol–water partition coefficient (Wildman–Crippen LogP) is 2.03. The van der Waals surface area contributed by atoms with Crippen LogP contribution in [0, 0.1) is 5.82 Å². The van der Waals surface area contributed by atoms with Crippen LogP contribution in [0.25, 0.3) is 0 Å². The number of halogens is 1. The molecule has 0 radical (unpaired) electrons. The van der Waals surface area contributed by atoms with Crippen LogP contribution < -0.4 is 5.32 Å². The first kappa shape index (κ1) is 13.4. The van der Waals surface area contributed by atoms with Crippen molar-refractivity contribution in [2.75, 3.05) is 13.2 Å². The van der Waals surface area contributed by atoms with E-state index >= 15 is 0 Å². The zero-order valence-electron chi connectivity index (χ0n) is 9.78. The molecule has 0 bridgehead atoms. The smallest absolute Gasteiger partial charge is 0.330 e. The number of esters is 1. The Morgan fingerprint density at radius 2 is 2.24 bits per heavy atom. The maximum atomic E-state index is 13.2. The highest BCUT2D eigenvalue weighted by molar-refractivity contribution is 5.81. The van der Waals surface area contributed by atoms with Crippen molar-refractivity contribution in [1.29, 1.82) is 0 Å². The van der Waals surface area contributed by atoms with Crippen molar-refractivity contribution in [3.05, 3.63) is 47.8 Å². The van der Waals surface area contributed by atoms with Crippen molar-refractivity contribution >= 4 is 5.97 Å². The third kappa shape index (κ3) is 5.26. The summed E-state index contributed by atoms with van der Waals surface area (Å²) in [6.45, 7) is 3.04. The number of nitrogens with one attached hydrogen (secondary N) is 1. The Hall–Kier alpha value is -1.68. The van der Waals surface area contributed by atoms with E-state index in [-0.39, 0.29) is 11.8 Å². The Morgan fingerprint density at radius 3 is 2.94 bits per heavy atom. The lowest BCUT2D eigenvalue weighted by Crippen LogP contribution is -2.14. The van der Waals surface area contributed by atoms with E-state index in [2.05, 4.69) is 5.32 Å². The summed E-state index contributed by atoms with van der Waals surface area (Å²) >= 11 is 0. The zero-order valence-corrected chi connectivity index (χ0v) is 9.78. The molecule has 3 nitrogen and oxygen atoms in total. The predicted molar refractivity (Wildman–Crippen MR) is 63.9 cm³/mol. The van der Waals surface area contributed by atoms with Gasteiger partial charge < -0.3 is 10.1 Å². The van der Waals surface area contributed by atoms with Gasteiger partial charge in [-0.05, 0) is 13.0 Å². The van der Waals surface area contributed by atoms with E-state index in [0.29, 0.717) is 25.3 Å². The number of rotatable bonds is 6. The Balaban J connectivity index is 2.25. The Morgan fingerprint density at radius 1 is 1.47 bits per heavy atom. The van der Waals surface area contributed by atoms with E-state index in [1.165, 1.54) is 12.1 Å². The van der Waals surface area contributed by atoms with Crippen molar-refractivity contribution in [2.45, 2.75) is 13.5 Å². The average Bonchev–Trinajstić information content (AvgIpc) is 2.31. The Labute approximate surface area is 100 Å². The molecule has 0 atom stereocenters. The van der Waals surface area contributed by atoms with Gasteiger partial charge in [-0.25, -0.2) is 9.18 Å².